The van der Waals surface area contributed by atoms with E-state index < -0.39 is 0 Å². The van der Waals surface area contributed by atoms with E-state index in [1.54, 1.807) is 25.3 Å². The Balaban J connectivity index is 2.10. The highest BCUT2D eigenvalue weighted by molar-refractivity contribution is 5.92. The second-order valence-corrected chi connectivity index (χ2v) is 3.91. The molecule has 0 fully saturated rings. The first kappa shape index (κ1) is 13.7. The van der Waals surface area contributed by atoms with E-state index in [9.17, 15) is 4.79 Å². The van der Waals surface area contributed by atoms with Crippen LogP contribution in [0.1, 0.15) is 0 Å². The van der Waals surface area contributed by atoms with Crippen LogP contribution < -0.4 is 20.5 Å². The molecule has 2 rings (SSSR count). The van der Waals surface area contributed by atoms with E-state index in [2.05, 4.69) is 15.4 Å². The first-order valence-corrected chi connectivity index (χ1v) is 5.79. The van der Waals surface area contributed by atoms with Crippen molar-refractivity contribution in [3.8, 4) is 11.5 Å². The fraction of sp³-hybridized carbons (Fsp3) is 0.250. The average molecular weight is 277 g/mol. The number of rotatable bonds is 5. The summed E-state index contributed by atoms with van der Waals surface area (Å²) in [5.74, 6) is 1.00. The lowest BCUT2D eigenvalue weighted by Crippen LogP contribution is -2.19. The number of aromatic nitrogens is 3. The van der Waals surface area contributed by atoms with E-state index >= 15 is 0 Å². The number of nitrogens with zero attached hydrogens (tertiary/aromatic N) is 3. The number of methoxy groups -OCH3 is 2. The minimum Gasteiger partial charge on any atom is -0.497 e. The number of nitrogens with two attached hydrogens (primary N) is 1. The number of anilines is 2. The quantitative estimate of drug-likeness (QED) is 0.825. The number of hydrogen-bond donors (Lipinski definition) is 2. The van der Waals surface area contributed by atoms with E-state index in [1.165, 1.54) is 18.1 Å². The second-order valence-electron chi connectivity index (χ2n) is 3.91. The summed E-state index contributed by atoms with van der Waals surface area (Å²) in [6.45, 7) is 0.00453. The van der Waals surface area contributed by atoms with Crippen LogP contribution in [0.15, 0.2) is 24.5 Å². The van der Waals surface area contributed by atoms with E-state index in [0.717, 1.165) is 0 Å². The molecule has 0 aliphatic rings. The number of carbonyl (C=O) groups excluding carboxylic acids is 1. The van der Waals surface area contributed by atoms with Crippen LogP contribution in [0.5, 0.6) is 11.5 Å². The third-order valence-corrected chi connectivity index (χ3v) is 2.54. The van der Waals surface area contributed by atoms with Crippen LogP contribution in [0.2, 0.25) is 0 Å². The molecule has 106 valence electrons. The van der Waals surface area contributed by atoms with Crippen LogP contribution in [0, 0.1) is 0 Å². The van der Waals surface area contributed by atoms with Crippen LogP contribution in [0.3, 0.4) is 0 Å². The molecule has 2 aromatic rings. The molecule has 0 radical (unpaired) electrons. The lowest BCUT2D eigenvalue weighted by molar-refractivity contribution is -0.116. The van der Waals surface area contributed by atoms with E-state index in [0.29, 0.717) is 17.2 Å². The van der Waals surface area contributed by atoms with Gasteiger partial charge in [-0.1, -0.05) is 0 Å². The van der Waals surface area contributed by atoms with Gasteiger partial charge in [0.05, 0.1) is 19.9 Å². The first-order chi connectivity index (χ1) is 9.62. The van der Waals surface area contributed by atoms with Crippen molar-refractivity contribution >= 4 is 17.5 Å². The lowest BCUT2D eigenvalue weighted by atomic mass is 10.2. The smallest absolute Gasteiger partial charge is 0.246 e. The average Bonchev–Trinajstić information content (AvgIpc) is 2.83. The molecule has 0 spiro atoms. The Kier molecular flexibility index (Phi) is 4.04. The summed E-state index contributed by atoms with van der Waals surface area (Å²) in [4.78, 5) is 15.7. The minimum atomic E-state index is -0.276. The van der Waals surface area contributed by atoms with Crippen molar-refractivity contribution in [2.45, 2.75) is 6.54 Å². The van der Waals surface area contributed by atoms with Gasteiger partial charge in [0.2, 0.25) is 11.9 Å². The summed E-state index contributed by atoms with van der Waals surface area (Å²) in [5.41, 5.74) is 5.90. The first-order valence-electron chi connectivity index (χ1n) is 5.79. The minimum absolute atomic E-state index is 0.00453. The standard InChI is InChI=1S/C12H15N5O3/c1-19-8-3-4-10(20-2)9(5-8)15-11(18)6-17-7-14-12(13)16-17/h3-5,7H,6H2,1-2H3,(H2,13,16)(H,15,18). The highest BCUT2D eigenvalue weighted by Gasteiger charge is 2.10. The van der Waals surface area contributed by atoms with E-state index in [-0.39, 0.29) is 18.4 Å². The van der Waals surface area contributed by atoms with Crippen molar-refractivity contribution in [1.82, 2.24) is 14.8 Å². The van der Waals surface area contributed by atoms with Gasteiger partial charge in [0, 0.05) is 6.07 Å². The molecule has 0 saturated carbocycles. The molecule has 1 heterocycles. The molecule has 0 saturated heterocycles. The van der Waals surface area contributed by atoms with Crippen LogP contribution in [-0.2, 0) is 11.3 Å². The Morgan fingerprint density at radius 1 is 1.40 bits per heavy atom. The highest BCUT2D eigenvalue weighted by atomic mass is 16.5. The molecule has 1 aromatic heterocycles. The molecular formula is C12H15N5O3. The van der Waals surface area contributed by atoms with Crippen LogP contribution in [0.4, 0.5) is 11.6 Å². The summed E-state index contributed by atoms with van der Waals surface area (Å²) in [5, 5.41) is 6.56. The predicted molar refractivity (Wildman–Crippen MR) is 72.6 cm³/mol. The topological polar surface area (TPSA) is 104 Å². The summed E-state index contributed by atoms with van der Waals surface area (Å²) >= 11 is 0. The predicted octanol–water partition coefficient (Wildman–Crippen LogP) is 0.516. The number of carbonyl (C=O) groups is 1. The molecule has 8 heteroatoms. The largest absolute Gasteiger partial charge is 0.497 e. The molecule has 1 aromatic carbocycles. The van der Waals surface area contributed by atoms with Crippen molar-refractivity contribution in [1.29, 1.82) is 0 Å². The maximum atomic E-state index is 11.9. The van der Waals surface area contributed by atoms with Crippen molar-refractivity contribution in [3.63, 3.8) is 0 Å². The Labute approximate surface area is 115 Å². The Bertz CT molecular complexity index is 611. The van der Waals surface area contributed by atoms with Gasteiger partial charge in [-0.2, -0.15) is 0 Å². The monoisotopic (exact) mass is 277 g/mol. The van der Waals surface area contributed by atoms with Crippen molar-refractivity contribution in [2.75, 3.05) is 25.3 Å². The summed E-state index contributed by atoms with van der Waals surface area (Å²) in [6, 6.07) is 5.13. The number of amides is 1. The van der Waals surface area contributed by atoms with Gasteiger partial charge in [0.1, 0.15) is 24.4 Å². The molecule has 0 aliphatic heterocycles. The van der Waals surface area contributed by atoms with Crippen LogP contribution >= 0.6 is 0 Å². The zero-order valence-corrected chi connectivity index (χ0v) is 11.2. The fourth-order valence-electron chi connectivity index (χ4n) is 1.63. The Morgan fingerprint density at radius 2 is 2.20 bits per heavy atom. The molecule has 0 bridgehead atoms. The van der Waals surface area contributed by atoms with Gasteiger partial charge in [-0.25, -0.2) is 9.67 Å². The van der Waals surface area contributed by atoms with E-state index in [1.807, 2.05) is 0 Å². The van der Waals surface area contributed by atoms with Crippen molar-refractivity contribution < 1.29 is 14.3 Å². The Morgan fingerprint density at radius 3 is 2.80 bits per heavy atom. The fourth-order valence-corrected chi connectivity index (χ4v) is 1.63. The molecule has 0 aliphatic carbocycles. The van der Waals surface area contributed by atoms with Crippen molar-refractivity contribution in [3.05, 3.63) is 24.5 Å². The maximum Gasteiger partial charge on any atom is 0.246 e. The lowest BCUT2D eigenvalue weighted by Gasteiger charge is -2.11. The molecule has 8 nitrogen and oxygen atoms in total. The van der Waals surface area contributed by atoms with Gasteiger partial charge in [-0.15, -0.1) is 5.10 Å². The van der Waals surface area contributed by atoms with Gasteiger partial charge in [-0.05, 0) is 12.1 Å². The van der Waals surface area contributed by atoms with Gasteiger partial charge in [0.25, 0.3) is 0 Å². The number of nitrogen functional groups attached to an aromatic ring is 1. The van der Waals surface area contributed by atoms with Gasteiger partial charge in [-0.3, -0.25) is 4.79 Å². The molecule has 0 atom stereocenters. The van der Waals surface area contributed by atoms with Gasteiger partial charge in [0.15, 0.2) is 0 Å². The molecule has 20 heavy (non-hydrogen) atoms. The zero-order valence-electron chi connectivity index (χ0n) is 11.2. The summed E-state index contributed by atoms with van der Waals surface area (Å²) in [7, 11) is 3.07. The van der Waals surface area contributed by atoms with Crippen LogP contribution in [0.25, 0.3) is 0 Å². The Hall–Kier alpha value is -2.77. The summed E-state index contributed by atoms with van der Waals surface area (Å²) < 4.78 is 11.6. The van der Waals surface area contributed by atoms with Crippen LogP contribution in [-0.4, -0.2) is 34.9 Å². The normalized spacial score (nSPS) is 10.1. The van der Waals surface area contributed by atoms with Gasteiger partial charge >= 0.3 is 0 Å². The van der Waals surface area contributed by atoms with Crippen molar-refractivity contribution in [2.24, 2.45) is 0 Å². The number of ether oxygens (including phenoxy) is 2. The SMILES string of the molecule is COc1ccc(OC)c(NC(=O)Cn2cnc(N)n2)c1. The molecule has 1 amide bonds. The molecule has 0 unspecified atom stereocenters. The second kappa shape index (κ2) is 5.91. The summed E-state index contributed by atoms with van der Waals surface area (Å²) in [6.07, 6.45) is 1.39. The number of nitrogens with one attached hydrogen (secondary N) is 1. The number of hydrogen-bond acceptors (Lipinski definition) is 6. The third kappa shape index (κ3) is 3.16. The zero-order chi connectivity index (χ0) is 14.5. The molecular weight excluding hydrogens is 262 g/mol. The number of benzene rings is 1. The third-order valence-electron chi connectivity index (χ3n) is 2.54. The van der Waals surface area contributed by atoms with E-state index in [4.69, 9.17) is 15.2 Å². The maximum absolute atomic E-state index is 11.9. The highest BCUT2D eigenvalue weighted by Crippen LogP contribution is 2.28. The van der Waals surface area contributed by atoms with Gasteiger partial charge < -0.3 is 20.5 Å². The molecule has 3 N–H and O–H groups in total.